The molecule has 0 amide bonds. The Kier molecular flexibility index (Phi) is 4.27. The average Bonchev–Trinajstić information content (AvgIpc) is 2.34. The lowest BCUT2D eigenvalue weighted by atomic mass is 10.1. The summed E-state index contributed by atoms with van der Waals surface area (Å²) < 4.78 is 13.5. The van der Waals surface area contributed by atoms with E-state index >= 15 is 0 Å². The fourth-order valence-electron chi connectivity index (χ4n) is 1.51. The van der Waals surface area contributed by atoms with E-state index in [1.165, 1.54) is 17.8 Å². The highest BCUT2D eigenvalue weighted by Gasteiger charge is 2.09. The molecule has 0 aliphatic carbocycles. The molecule has 0 fully saturated rings. The molecule has 0 saturated carbocycles. The summed E-state index contributed by atoms with van der Waals surface area (Å²) in [4.78, 5) is 1.30. The number of benzene rings is 2. The van der Waals surface area contributed by atoms with Gasteiger partial charge in [-0.3, -0.25) is 0 Å². The van der Waals surface area contributed by atoms with Crippen LogP contribution >= 0.6 is 23.4 Å². The van der Waals surface area contributed by atoms with E-state index in [9.17, 15) is 9.50 Å². The quantitative estimate of drug-likeness (QED) is 0.882. The first-order valence-electron chi connectivity index (χ1n) is 5.48. The van der Waals surface area contributed by atoms with Crippen molar-refractivity contribution >= 4 is 23.4 Å². The Morgan fingerprint density at radius 3 is 2.50 bits per heavy atom. The Morgan fingerprint density at radius 2 is 1.89 bits per heavy atom. The zero-order valence-electron chi connectivity index (χ0n) is 9.73. The van der Waals surface area contributed by atoms with E-state index in [2.05, 4.69) is 0 Å². The SMILES string of the molecule is C[C@H](O)c1ccc(Sc2ccccc2F)c(Cl)c1. The predicted octanol–water partition coefficient (Wildman–Crippen LogP) is 4.68. The molecule has 0 aliphatic heterocycles. The van der Waals surface area contributed by atoms with Gasteiger partial charge < -0.3 is 5.11 Å². The summed E-state index contributed by atoms with van der Waals surface area (Å²) in [7, 11) is 0. The van der Waals surface area contributed by atoms with E-state index < -0.39 is 6.10 Å². The maximum atomic E-state index is 13.5. The molecular formula is C14H12ClFOS. The van der Waals surface area contributed by atoms with Gasteiger partial charge in [-0.15, -0.1) is 0 Å². The standard InChI is InChI=1S/C14H12ClFOS/c1-9(17)10-6-7-13(11(15)8-10)18-14-5-3-2-4-12(14)16/h2-9,17H,1H3/t9-/m0/s1. The van der Waals surface area contributed by atoms with Crippen LogP contribution in [0.25, 0.3) is 0 Å². The van der Waals surface area contributed by atoms with E-state index in [-0.39, 0.29) is 5.82 Å². The van der Waals surface area contributed by atoms with Crippen molar-refractivity contribution in [3.8, 4) is 0 Å². The molecule has 0 bridgehead atoms. The van der Waals surface area contributed by atoms with Gasteiger partial charge in [0.15, 0.2) is 0 Å². The highest BCUT2D eigenvalue weighted by molar-refractivity contribution is 7.99. The first-order chi connectivity index (χ1) is 8.58. The molecule has 18 heavy (non-hydrogen) atoms. The van der Waals surface area contributed by atoms with Crippen LogP contribution in [0.3, 0.4) is 0 Å². The van der Waals surface area contributed by atoms with Crippen molar-refractivity contribution in [1.82, 2.24) is 0 Å². The molecule has 2 rings (SSSR count). The number of halogens is 2. The summed E-state index contributed by atoms with van der Waals surface area (Å²) in [5.74, 6) is -0.266. The van der Waals surface area contributed by atoms with E-state index in [1.54, 1.807) is 43.3 Å². The predicted molar refractivity (Wildman–Crippen MR) is 72.6 cm³/mol. The van der Waals surface area contributed by atoms with E-state index in [4.69, 9.17) is 11.6 Å². The molecule has 0 radical (unpaired) electrons. The van der Waals surface area contributed by atoms with Gasteiger partial charge in [0.1, 0.15) is 5.82 Å². The highest BCUT2D eigenvalue weighted by Crippen LogP contribution is 2.35. The Balaban J connectivity index is 2.28. The van der Waals surface area contributed by atoms with Gasteiger partial charge in [-0.25, -0.2) is 4.39 Å². The Labute approximate surface area is 115 Å². The molecule has 2 aromatic carbocycles. The molecule has 94 valence electrons. The third-order valence-electron chi connectivity index (χ3n) is 2.49. The first kappa shape index (κ1) is 13.4. The van der Waals surface area contributed by atoms with Crippen LogP contribution in [-0.2, 0) is 0 Å². The summed E-state index contributed by atoms with van der Waals surface area (Å²) in [6, 6.07) is 11.8. The highest BCUT2D eigenvalue weighted by atomic mass is 35.5. The van der Waals surface area contributed by atoms with Crippen molar-refractivity contribution in [2.45, 2.75) is 22.8 Å². The average molecular weight is 283 g/mol. The molecule has 4 heteroatoms. The normalized spacial score (nSPS) is 12.4. The Morgan fingerprint density at radius 1 is 1.17 bits per heavy atom. The fraction of sp³-hybridized carbons (Fsp3) is 0.143. The molecule has 1 N–H and O–H groups in total. The minimum atomic E-state index is -0.560. The van der Waals surface area contributed by atoms with E-state index in [0.717, 1.165) is 10.5 Å². The number of rotatable bonds is 3. The fourth-order valence-corrected chi connectivity index (χ4v) is 2.65. The number of hydrogen-bond acceptors (Lipinski definition) is 2. The largest absolute Gasteiger partial charge is 0.389 e. The Bertz CT molecular complexity index is 557. The second-order valence-corrected chi connectivity index (χ2v) is 5.39. The van der Waals surface area contributed by atoms with Gasteiger partial charge in [0, 0.05) is 9.79 Å². The third-order valence-corrected chi connectivity index (χ3v) is 4.05. The molecule has 0 aromatic heterocycles. The summed E-state index contributed by atoms with van der Waals surface area (Å²) in [6.07, 6.45) is -0.560. The van der Waals surface area contributed by atoms with Crippen LogP contribution in [0.4, 0.5) is 4.39 Å². The van der Waals surface area contributed by atoms with Crippen LogP contribution in [0.5, 0.6) is 0 Å². The lowest BCUT2D eigenvalue weighted by Gasteiger charge is -2.09. The molecule has 0 saturated heterocycles. The first-order valence-corrected chi connectivity index (χ1v) is 6.67. The van der Waals surface area contributed by atoms with Gasteiger partial charge in [-0.2, -0.15) is 0 Å². The molecule has 1 nitrogen and oxygen atoms in total. The van der Waals surface area contributed by atoms with Crippen molar-refractivity contribution in [1.29, 1.82) is 0 Å². The van der Waals surface area contributed by atoms with Gasteiger partial charge in [0.05, 0.1) is 11.1 Å². The summed E-state index contributed by atoms with van der Waals surface area (Å²) in [6.45, 7) is 1.68. The molecule has 0 heterocycles. The Hall–Kier alpha value is -1.03. The number of hydrogen-bond donors (Lipinski definition) is 1. The van der Waals surface area contributed by atoms with Crippen LogP contribution in [0.2, 0.25) is 5.02 Å². The molecule has 0 unspecified atom stereocenters. The molecule has 0 spiro atoms. The van der Waals surface area contributed by atoms with Crippen LogP contribution in [0.1, 0.15) is 18.6 Å². The monoisotopic (exact) mass is 282 g/mol. The lowest BCUT2D eigenvalue weighted by molar-refractivity contribution is 0.199. The van der Waals surface area contributed by atoms with Gasteiger partial charge in [0.2, 0.25) is 0 Å². The van der Waals surface area contributed by atoms with Crippen LogP contribution < -0.4 is 0 Å². The summed E-state index contributed by atoms with van der Waals surface area (Å²) in [5.41, 5.74) is 0.748. The zero-order valence-corrected chi connectivity index (χ0v) is 11.3. The second-order valence-electron chi connectivity index (χ2n) is 3.90. The van der Waals surface area contributed by atoms with Gasteiger partial charge in [0.25, 0.3) is 0 Å². The maximum absolute atomic E-state index is 13.5. The maximum Gasteiger partial charge on any atom is 0.137 e. The zero-order chi connectivity index (χ0) is 13.1. The van der Waals surface area contributed by atoms with Crippen molar-refractivity contribution in [2.24, 2.45) is 0 Å². The third kappa shape index (κ3) is 3.05. The molecule has 1 atom stereocenters. The topological polar surface area (TPSA) is 20.2 Å². The van der Waals surface area contributed by atoms with Crippen molar-refractivity contribution in [3.63, 3.8) is 0 Å². The van der Waals surface area contributed by atoms with Crippen molar-refractivity contribution in [3.05, 3.63) is 58.9 Å². The number of aliphatic hydroxyl groups excluding tert-OH is 1. The molecular weight excluding hydrogens is 271 g/mol. The van der Waals surface area contributed by atoms with E-state index in [1.807, 2.05) is 0 Å². The minimum absolute atomic E-state index is 0.266. The van der Waals surface area contributed by atoms with Crippen LogP contribution in [-0.4, -0.2) is 5.11 Å². The number of aliphatic hydroxyl groups is 1. The minimum Gasteiger partial charge on any atom is -0.389 e. The smallest absolute Gasteiger partial charge is 0.137 e. The summed E-state index contributed by atoms with van der Waals surface area (Å²) >= 11 is 7.39. The van der Waals surface area contributed by atoms with Gasteiger partial charge >= 0.3 is 0 Å². The molecule has 0 aliphatic rings. The lowest BCUT2D eigenvalue weighted by Crippen LogP contribution is -1.91. The van der Waals surface area contributed by atoms with Crippen molar-refractivity contribution in [2.75, 3.05) is 0 Å². The van der Waals surface area contributed by atoms with E-state index in [0.29, 0.717) is 9.92 Å². The van der Waals surface area contributed by atoms with Crippen molar-refractivity contribution < 1.29 is 9.50 Å². The second kappa shape index (κ2) is 5.74. The summed E-state index contributed by atoms with van der Waals surface area (Å²) in [5, 5.41) is 9.96. The molecule has 2 aromatic rings. The van der Waals surface area contributed by atoms with Gasteiger partial charge in [-0.1, -0.05) is 41.6 Å². The van der Waals surface area contributed by atoms with Crippen LogP contribution in [0.15, 0.2) is 52.3 Å². The van der Waals surface area contributed by atoms with Gasteiger partial charge in [-0.05, 0) is 36.8 Å². The van der Waals surface area contributed by atoms with Crippen LogP contribution in [0, 0.1) is 5.82 Å².